The van der Waals surface area contributed by atoms with E-state index in [0.29, 0.717) is 0 Å². The maximum atomic E-state index is 13.0. The first kappa shape index (κ1) is 9.92. The van der Waals surface area contributed by atoms with Crippen LogP contribution < -0.4 is 0 Å². The zero-order valence-electron chi connectivity index (χ0n) is 7.51. The van der Waals surface area contributed by atoms with Crippen molar-refractivity contribution in [3.63, 3.8) is 0 Å². The number of halogens is 2. The van der Waals surface area contributed by atoms with E-state index in [9.17, 15) is 13.9 Å². The van der Waals surface area contributed by atoms with Gasteiger partial charge in [-0.25, -0.2) is 8.78 Å². The summed E-state index contributed by atoms with van der Waals surface area (Å²) in [5.74, 6) is -1.82. The molecule has 1 N–H and O–H groups in total. The van der Waals surface area contributed by atoms with Gasteiger partial charge >= 0.3 is 0 Å². The molecule has 0 saturated heterocycles. The van der Waals surface area contributed by atoms with Crippen LogP contribution >= 0.6 is 0 Å². The molecule has 0 unspecified atom stereocenters. The van der Waals surface area contributed by atoms with Crippen molar-refractivity contribution in [1.82, 2.24) is 4.90 Å². The highest BCUT2D eigenvalue weighted by molar-refractivity contribution is 5.33. The van der Waals surface area contributed by atoms with Gasteiger partial charge in [-0.1, -0.05) is 0 Å². The average Bonchev–Trinajstić information content (AvgIpc) is 1.96. The van der Waals surface area contributed by atoms with Crippen molar-refractivity contribution in [1.29, 1.82) is 0 Å². The Bertz CT molecular complexity index is 289. The molecule has 0 fully saturated rings. The van der Waals surface area contributed by atoms with Gasteiger partial charge in [-0.2, -0.15) is 0 Å². The van der Waals surface area contributed by atoms with Crippen LogP contribution in [0.1, 0.15) is 5.56 Å². The summed E-state index contributed by atoms with van der Waals surface area (Å²) < 4.78 is 25.6. The Labute approximate surface area is 75.4 Å². The molecule has 2 nitrogen and oxygen atoms in total. The summed E-state index contributed by atoms with van der Waals surface area (Å²) in [4.78, 5) is 1.69. The fourth-order valence-corrected chi connectivity index (χ4v) is 1.06. The first-order valence-corrected chi connectivity index (χ1v) is 3.82. The Balaban J connectivity index is 3.06. The van der Waals surface area contributed by atoms with E-state index in [1.165, 1.54) is 0 Å². The summed E-state index contributed by atoms with van der Waals surface area (Å²) in [5, 5.41) is 9.21. The number of benzene rings is 1. The molecular formula is C9H11F2NO. The number of hydrogen-bond donors (Lipinski definition) is 1. The van der Waals surface area contributed by atoms with Gasteiger partial charge < -0.3 is 10.0 Å². The molecule has 0 bridgehead atoms. The molecule has 1 aromatic rings. The Kier molecular flexibility index (Phi) is 2.83. The number of rotatable bonds is 2. The van der Waals surface area contributed by atoms with Gasteiger partial charge in [-0.15, -0.1) is 0 Å². The molecule has 0 spiro atoms. The van der Waals surface area contributed by atoms with E-state index in [1.54, 1.807) is 19.0 Å². The standard InChI is InChI=1S/C9H11F2NO/c1-12(2)5-7-8(11)3-6(10)4-9(7)13/h3-4,13H,5H2,1-2H3. The summed E-state index contributed by atoms with van der Waals surface area (Å²) in [7, 11) is 3.48. The topological polar surface area (TPSA) is 23.5 Å². The highest BCUT2D eigenvalue weighted by Crippen LogP contribution is 2.22. The summed E-state index contributed by atoms with van der Waals surface area (Å²) in [6.07, 6.45) is 0. The largest absolute Gasteiger partial charge is 0.507 e. The van der Waals surface area contributed by atoms with Gasteiger partial charge in [-0.3, -0.25) is 0 Å². The molecule has 0 heterocycles. The minimum Gasteiger partial charge on any atom is -0.507 e. The van der Waals surface area contributed by atoms with Crippen molar-refractivity contribution < 1.29 is 13.9 Å². The van der Waals surface area contributed by atoms with Crippen LogP contribution in [0.4, 0.5) is 8.78 Å². The third-order valence-corrected chi connectivity index (χ3v) is 1.61. The summed E-state index contributed by atoms with van der Waals surface area (Å²) in [6.45, 7) is 0.248. The van der Waals surface area contributed by atoms with E-state index in [-0.39, 0.29) is 17.9 Å². The third kappa shape index (κ3) is 2.39. The highest BCUT2D eigenvalue weighted by atomic mass is 19.1. The Morgan fingerprint density at radius 2 is 1.92 bits per heavy atom. The molecule has 0 aliphatic carbocycles. The van der Waals surface area contributed by atoms with Crippen LogP contribution in [-0.2, 0) is 6.54 Å². The van der Waals surface area contributed by atoms with Crippen molar-refractivity contribution in [3.8, 4) is 5.75 Å². The van der Waals surface area contributed by atoms with Crippen LogP contribution in [0.3, 0.4) is 0 Å². The molecule has 0 aromatic heterocycles. The molecule has 1 aromatic carbocycles. The first-order valence-electron chi connectivity index (χ1n) is 3.82. The normalized spacial score (nSPS) is 10.8. The Morgan fingerprint density at radius 1 is 1.31 bits per heavy atom. The van der Waals surface area contributed by atoms with Gasteiger partial charge in [-0.05, 0) is 14.1 Å². The SMILES string of the molecule is CN(C)Cc1c(O)cc(F)cc1F. The van der Waals surface area contributed by atoms with Crippen molar-refractivity contribution in [3.05, 3.63) is 29.3 Å². The van der Waals surface area contributed by atoms with E-state index in [4.69, 9.17) is 0 Å². The number of phenols is 1. The molecule has 0 amide bonds. The number of phenolic OH excluding ortho intramolecular Hbond substituents is 1. The van der Waals surface area contributed by atoms with Gasteiger partial charge in [0.2, 0.25) is 0 Å². The zero-order valence-corrected chi connectivity index (χ0v) is 7.51. The van der Waals surface area contributed by atoms with Gasteiger partial charge in [0.15, 0.2) is 0 Å². The van der Waals surface area contributed by atoms with Crippen molar-refractivity contribution in [2.24, 2.45) is 0 Å². The quantitative estimate of drug-likeness (QED) is 0.762. The molecule has 4 heteroatoms. The highest BCUT2D eigenvalue weighted by Gasteiger charge is 2.10. The molecule has 1 rings (SSSR count). The van der Waals surface area contributed by atoms with Crippen LogP contribution in [0, 0.1) is 11.6 Å². The second-order valence-corrected chi connectivity index (χ2v) is 3.12. The van der Waals surface area contributed by atoms with Crippen molar-refractivity contribution >= 4 is 0 Å². The second kappa shape index (κ2) is 3.70. The fraction of sp³-hybridized carbons (Fsp3) is 0.333. The predicted octanol–water partition coefficient (Wildman–Crippen LogP) is 1.73. The maximum Gasteiger partial charge on any atom is 0.134 e. The Morgan fingerprint density at radius 3 is 2.38 bits per heavy atom. The maximum absolute atomic E-state index is 13.0. The lowest BCUT2D eigenvalue weighted by atomic mass is 10.1. The third-order valence-electron chi connectivity index (χ3n) is 1.61. The second-order valence-electron chi connectivity index (χ2n) is 3.12. The lowest BCUT2D eigenvalue weighted by Gasteiger charge is -2.11. The van der Waals surface area contributed by atoms with E-state index in [2.05, 4.69) is 0 Å². The van der Waals surface area contributed by atoms with E-state index in [0.717, 1.165) is 12.1 Å². The van der Waals surface area contributed by atoms with Crippen LogP contribution in [0.2, 0.25) is 0 Å². The van der Waals surface area contributed by atoms with Gasteiger partial charge in [0, 0.05) is 24.2 Å². The van der Waals surface area contributed by atoms with Gasteiger partial charge in [0.25, 0.3) is 0 Å². The van der Waals surface area contributed by atoms with E-state index < -0.39 is 11.6 Å². The molecule has 0 atom stereocenters. The van der Waals surface area contributed by atoms with Crippen molar-refractivity contribution in [2.45, 2.75) is 6.54 Å². The minimum absolute atomic E-state index is 0.117. The fourth-order valence-electron chi connectivity index (χ4n) is 1.06. The number of nitrogens with zero attached hydrogens (tertiary/aromatic N) is 1. The summed E-state index contributed by atoms with van der Waals surface area (Å²) in [6, 6.07) is 1.67. The molecular weight excluding hydrogens is 176 g/mol. The van der Waals surface area contributed by atoms with Crippen LogP contribution in [-0.4, -0.2) is 24.1 Å². The summed E-state index contributed by atoms with van der Waals surface area (Å²) in [5.41, 5.74) is 0.117. The molecule has 13 heavy (non-hydrogen) atoms. The summed E-state index contributed by atoms with van der Waals surface area (Å²) >= 11 is 0. The first-order chi connectivity index (χ1) is 6.00. The van der Waals surface area contributed by atoms with E-state index in [1.807, 2.05) is 0 Å². The van der Waals surface area contributed by atoms with Crippen LogP contribution in [0.25, 0.3) is 0 Å². The van der Waals surface area contributed by atoms with Crippen LogP contribution in [0.5, 0.6) is 5.75 Å². The van der Waals surface area contributed by atoms with Crippen molar-refractivity contribution in [2.75, 3.05) is 14.1 Å². The molecule has 0 saturated carbocycles. The smallest absolute Gasteiger partial charge is 0.134 e. The van der Waals surface area contributed by atoms with Gasteiger partial charge in [0.05, 0.1) is 0 Å². The molecule has 0 radical (unpaired) electrons. The minimum atomic E-state index is -0.766. The zero-order chi connectivity index (χ0) is 10.0. The van der Waals surface area contributed by atoms with E-state index >= 15 is 0 Å². The predicted molar refractivity (Wildman–Crippen MR) is 45.4 cm³/mol. The Hall–Kier alpha value is -1.16. The molecule has 72 valence electrons. The average molecular weight is 187 g/mol. The number of aromatic hydroxyl groups is 1. The van der Waals surface area contributed by atoms with Crippen LogP contribution in [0.15, 0.2) is 12.1 Å². The van der Waals surface area contributed by atoms with Gasteiger partial charge in [0.1, 0.15) is 17.4 Å². The lowest BCUT2D eigenvalue weighted by molar-refractivity contribution is 0.371. The molecule has 0 aliphatic rings. The number of hydrogen-bond acceptors (Lipinski definition) is 2. The monoisotopic (exact) mass is 187 g/mol. The lowest BCUT2D eigenvalue weighted by Crippen LogP contribution is -2.12. The molecule has 0 aliphatic heterocycles.